The van der Waals surface area contributed by atoms with Crippen molar-refractivity contribution in [2.75, 3.05) is 19.8 Å². The predicted octanol–water partition coefficient (Wildman–Crippen LogP) is 4.57. The van der Waals surface area contributed by atoms with Crippen LogP contribution in [0.2, 0.25) is 0 Å². The van der Waals surface area contributed by atoms with Crippen LogP contribution < -0.4 is 4.74 Å². The largest absolute Gasteiger partial charge is 0.508 e. The molecule has 5 nitrogen and oxygen atoms in total. The lowest BCUT2D eigenvalue weighted by atomic mass is 9.96. The molecule has 0 aliphatic carbocycles. The first-order chi connectivity index (χ1) is 13.7. The third-order valence-electron chi connectivity index (χ3n) is 4.64. The zero-order valence-electron chi connectivity index (χ0n) is 16.5. The highest BCUT2D eigenvalue weighted by Crippen LogP contribution is 2.34. The lowest BCUT2D eigenvalue weighted by Crippen LogP contribution is -2.20. The van der Waals surface area contributed by atoms with E-state index in [1.54, 1.807) is 6.07 Å². The van der Waals surface area contributed by atoms with Gasteiger partial charge in [0.05, 0.1) is 0 Å². The Labute approximate surface area is 188 Å². The van der Waals surface area contributed by atoms with Crippen molar-refractivity contribution < 1.29 is 24.9 Å². The summed E-state index contributed by atoms with van der Waals surface area (Å²) in [5.41, 5.74) is 3.03. The quantitative estimate of drug-likeness (QED) is 0.419. The van der Waals surface area contributed by atoms with E-state index in [9.17, 15) is 9.90 Å². The van der Waals surface area contributed by atoms with Crippen LogP contribution in [0, 0.1) is 5.92 Å². The number of phenols is 1. The molecule has 3 N–H and O–H groups in total. The first kappa shape index (κ1) is 23.9. The third kappa shape index (κ3) is 6.81. The van der Waals surface area contributed by atoms with E-state index in [1.807, 2.05) is 38.1 Å². The van der Waals surface area contributed by atoms with E-state index in [-0.39, 0.29) is 37.9 Å². The fraction of sp³-hybridized carbons (Fsp3) is 0.409. The van der Waals surface area contributed by atoms with E-state index in [0.717, 1.165) is 25.6 Å². The molecule has 0 fully saturated rings. The van der Waals surface area contributed by atoms with Gasteiger partial charge in [0.1, 0.15) is 18.1 Å². The fourth-order valence-corrected chi connectivity index (χ4v) is 4.37. The van der Waals surface area contributed by atoms with Gasteiger partial charge in [-0.15, -0.1) is 0 Å². The summed E-state index contributed by atoms with van der Waals surface area (Å²) in [7, 11) is 0. The van der Waals surface area contributed by atoms with Gasteiger partial charge in [0.15, 0.2) is 5.78 Å². The second-order valence-corrected chi connectivity index (χ2v) is 9.06. The molecule has 2 aromatic rings. The summed E-state index contributed by atoms with van der Waals surface area (Å²) in [4.78, 5) is 11.9. The average molecular weight is 530 g/mol. The van der Waals surface area contributed by atoms with Gasteiger partial charge in [-0.05, 0) is 47.2 Å². The fourth-order valence-electron chi connectivity index (χ4n) is 2.94. The highest BCUT2D eigenvalue weighted by Gasteiger charge is 2.15. The molecule has 2 aromatic carbocycles. The van der Waals surface area contributed by atoms with Crippen LogP contribution in [0.1, 0.15) is 42.9 Å². The lowest BCUT2D eigenvalue weighted by Gasteiger charge is -2.14. The van der Waals surface area contributed by atoms with E-state index in [1.165, 1.54) is 0 Å². The van der Waals surface area contributed by atoms with Crippen molar-refractivity contribution in [3.05, 3.63) is 56.0 Å². The van der Waals surface area contributed by atoms with Crippen molar-refractivity contribution in [3.63, 3.8) is 0 Å². The molecule has 0 atom stereocenters. The predicted molar refractivity (Wildman–Crippen MR) is 120 cm³/mol. The second-order valence-electron chi connectivity index (χ2n) is 7.35. The summed E-state index contributed by atoms with van der Waals surface area (Å²) in [6, 6.07) is 9.27. The van der Waals surface area contributed by atoms with Gasteiger partial charge >= 0.3 is 0 Å². The molecule has 0 aliphatic heterocycles. The number of Topliss-reactive ketones (excluding diaryl/α,β-unsaturated/α-hetero) is 1. The number of aliphatic hydroxyl groups is 2. The molecular weight excluding hydrogens is 504 g/mol. The van der Waals surface area contributed by atoms with Crippen LogP contribution in [0.25, 0.3) is 0 Å². The van der Waals surface area contributed by atoms with Gasteiger partial charge in [0.2, 0.25) is 0 Å². The standard InChI is InChI=1S/C22H26Br2O5/c1-13(2)18-6-14(3-4-22(18)28)7-19-20(23)8-17(9-21(19)24)29-12-16(27)5-15(10-25)11-26/h3-4,6,8-9,13,15,25-26,28H,5,7,10-12H2,1-2H3. The Balaban J connectivity index is 2.10. The summed E-state index contributed by atoms with van der Waals surface area (Å²) in [6.07, 6.45) is 0.738. The number of ether oxygens (including phenoxy) is 1. The molecule has 0 radical (unpaired) electrons. The topological polar surface area (TPSA) is 87.0 Å². The van der Waals surface area contributed by atoms with E-state index >= 15 is 0 Å². The first-order valence-corrected chi connectivity index (χ1v) is 11.0. The van der Waals surface area contributed by atoms with Crippen molar-refractivity contribution in [2.24, 2.45) is 5.92 Å². The number of halogens is 2. The van der Waals surface area contributed by atoms with E-state index in [2.05, 4.69) is 31.9 Å². The van der Waals surface area contributed by atoms with Crippen LogP contribution in [-0.2, 0) is 11.2 Å². The number of aliphatic hydroxyl groups excluding tert-OH is 2. The van der Waals surface area contributed by atoms with Gasteiger partial charge in [0, 0.05) is 34.5 Å². The molecule has 0 saturated carbocycles. The van der Waals surface area contributed by atoms with Gasteiger partial charge in [-0.3, -0.25) is 4.79 Å². The number of carbonyl (C=O) groups excluding carboxylic acids is 1. The minimum atomic E-state index is -0.451. The van der Waals surface area contributed by atoms with Gasteiger partial charge < -0.3 is 20.1 Å². The SMILES string of the molecule is CC(C)c1cc(Cc2c(Br)cc(OCC(=O)CC(CO)CO)cc2Br)ccc1O. The molecule has 0 aromatic heterocycles. The van der Waals surface area contributed by atoms with Crippen LogP contribution in [0.15, 0.2) is 39.3 Å². The van der Waals surface area contributed by atoms with Crippen LogP contribution in [-0.4, -0.2) is 40.9 Å². The van der Waals surface area contributed by atoms with E-state index in [4.69, 9.17) is 14.9 Å². The molecule has 0 amide bonds. The summed E-state index contributed by atoms with van der Waals surface area (Å²) in [5.74, 6) is 0.443. The molecular formula is C22H26Br2O5. The molecule has 0 aliphatic rings. The lowest BCUT2D eigenvalue weighted by molar-refractivity contribution is -0.122. The van der Waals surface area contributed by atoms with Crippen LogP contribution >= 0.6 is 31.9 Å². The van der Waals surface area contributed by atoms with Crippen LogP contribution in [0.3, 0.4) is 0 Å². The first-order valence-electron chi connectivity index (χ1n) is 9.41. The van der Waals surface area contributed by atoms with E-state index < -0.39 is 5.92 Å². The number of ketones is 1. The molecule has 29 heavy (non-hydrogen) atoms. The van der Waals surface area contributed by atoms with Crippen molar-refractivity contribution in [2.45, 2.75) is 32.6 Å². The number of benzene rings is 2. The van der Waals surface area contributed by atoms with Crippen LogP contribution in [0.5, 0.6) is 11.5 Å². The van der Waals surface area contributed by atoms with Gasteiger partial charge in [-0.25, -0.2) is 0 Å². The Hall–Kier alpha value is -1.41. The second kappa shape index (κ2) is 11.1. The Morgan fingerprint density at radius 2 is 1.69 bits per heavy atom. The highest BCUT2D eigenvalue weighted by molar-refractivity contribution is 9.11. The zero-order valence-corrected chi connectivity index (χ0v) is 19.7. The average Bonchev–Trinajstić information content (AvgIpc) is 2.68. The highest BCUT2D eigenvalue weighted by atomic mass is 79.9. The molecule has 0 heterocycles. The maximum absolute atomic E-state index is 11.9. The maximum atomic E-state index is 11.9. The number of rotatable bonds is 10. The van der Waals surface area contributed by atoms with Gasteiger partial charge in [-0.1, -0.05) is 57.8 Å². The minimum absolute atomic E-state index is 0.0759. The molecule has 0 spiro atoms. The molecule has 0 saturated heterocycles. The van der Waals surface area contributed by atoms with Crippen molar-refractivity contribution >= 4 is 37.6 Å². The number of aromatic hydroxyl groups is 1. The molecule has 158 valence electrons. The summed E-state index contributed by atoms with van der Waals surface area (Å²) < 4.78 is 7.27. The number of hydrogen-bond donors (Lipinski definition) is 3. The van der Waals surface area contributed by atoms with Crippen molar-refractivity contribution in [3.8, 4) is 11.5 Å². The summed E-state index contributed by atoms with van der Waals surface area (Å²) >= 11 is 7.15. The Bertz CT molecular complexity index is 824. The third-order valence-corrected chi connectivity index (χ3v) is 6.06. The number of hydrogen-bond acceptors (Lipinski definition) is 5. The number of phenolic OH excluding ortho intramolecular Hbond substituents is 1. The maximum Gasteiger partial charge on any atom is 0.170 e. The van der Waals surface area contributed by atoms with Crippen molar-refractivity contribution in [1.82, 2.24) is 0 Å². The van der Waals surface area contributed by atoms with Crippen molar-refractivity contribution in [1.29, 1.82) is 0 Å². The molecule has 0 unspecified atom stereocenters. The monoisotopic (exact) mass is 528 g/mol. The summed E-state index contributed by atoms with van der Waals surface area (Å²) in [5, 5.41) is 28.2. The molecule has 7 heteroatoms. The Morgan fingerprint density at radius 3 is 2.24 bits per heavy atom. The van der Waals surface area contributed by atoms with Gasteiger partial charge in [-0.2, -0.15) is 0 Å². The van der Waals surface area contributed by atoms with E-state index in [0.29, 0.717) is 17.9 Å². The molecule has 2 rings (SSSR count). The molecule has 0 bridgehead atoms. The van der Waals surface area contributed by atoms with Crippen LogP contribution in [0.4, 0.5) is 0 Å². The Morgan fingerprint density at radius 1 is 1.07 bits per heavy atom. The smallest absolute Gasteiger partial charge is 0.170 e. The minimum Gasteiger partial charge on any atom is -0.508 e. The van der Waals surface area contributed by atoms with Gasteiger partial charge in [0.25, 0.3) is 0 Å². The zero-order chi connectivity index (χ0) is 21.6. The summed E-state index contributed by atoms with van der Waals surface area (Å²) in [6.45, 7) is 3.50. The normalized spacial score (nSPS) is 11.3. The number of carbonyl (C=O) groups is 1. The Kier molecular flexibility index (Phi) is 9.14.